The molecule has 4 nitrogen and oxygen atoms in total. The van der Waals surface area contributed by atoms with Crippen LogP contribution in [0, 0.1) is 5.92 Å². The Hall–Kier alpha value is -2.12. The number of thioether (sulfide) groups is 1. The second kappa shape index (κ2) is 8.05. The molecule has 1 heterocycles. The van der Waals surface area contributed by atoms with E-state index in [1.165, 1.54) is 11.0 Å². The van der Waals surface area contributed by atoms with E-state index in [9.17, 15) is 18.4 Å². The van der Waals surface area contributed by atoms with Crippen LogP contribution in [0.15, 0.2) is 53.4 Å². The van der Waals surface area contributed by atoms with Gasteiger partial charge in [0, 0.05) is 28.6 Å². The zero-order valence-corrected chi connectivity index (χ0v) is 15.1. The van der Waals surface area contributed by atoms with E-state index >= 15 is 0 Å². The Balaban J connectivity index is 1.71. The fourth-order valence-electron chi connectivity index (χ4n) is 2.78. The van der Waals surface area contributed by atoms with Crippen LogP contribution >= 0.6 is 23.4 Å². The summed E-state index contributed by atoms with van der Waals surface area (Å²) in [5, 5.41) is 3.16. The molecule has 1 N–H and O–H groups in total. The number of halogens is 3. The van der Waals surface area contributed by atoms with Crippen molar-refractivity contribution in [1.82, 2.24) is 0 Å². The van der Waals surface area contributed by atoms with Gasteiger partial charge in [0.15, 0.2) is 0 Å². The van der Waals surface area contributed by atoms with Crippen molar-refractivity contribution < 1.29 is 18.4 Å². The normalized spacial score (nSPS) is 17.0. The zero-order valence-electron chi connectivity index (χ0n) is 13.5. The second-order valence-electron chi connectivity index (χ2n) is 5.75. The maximum Gasteiger partial charge on any atom is 0.288 e. The summed E-state index contributed by atoms with van der Waals surface area (Å²) in [5.41, 5.74) is 0.947. The van der Waals surface area contributed by atoms with Crippen molar-refractivity contribution >= 4 is 46.6 Å². The fraction of sp³-hybridized carbons (Fsp3) is 0.222. The van der Waals surface area contributed by atoms with Crippen molar-refractivity contribution in [2.75, 3.05) is 16.8 Å². The molecule has 3 rings (SSSR count). The minimum absolute atomic E-state index is 0.0580. The van der Waals surface area contributed by atoms with Crippen molar-refractivity contribution in [3.05, 3.63) is 53.6 Å². The van der Waals surface area contributed by atoms with Crippen LogP contribution in [0.1, 0.15) is 6.42 Å². The number of alkyl halides is 2. The van der Waals surface area contributed by atoms with Crippen LogP contribution in [0.2, 0.25) is 5.02 Å². The van der Waals surface area contributed by atoms with Gasteiger partial charge in [0.2, 0.25) is 11.8 Å². The average molecular weight is 397 g/mol. The summed E-state index contributed by atoms with van der Waals surface area (Å²) in [6, 6.07) is 13.2. The summed E-state index contributed by atoms with van der Waals surface area (Å²) in [6.45, 7) is 0.217. The first-order valence-corrected chi connectivity index (χ1v) is 9.10. The standard InChI is InChI=1S/C18H15ClF2N2O2S/c19-12-4-3-5-13(9-12)23-10-11(8-16(23)24)17(25)22-14-6-1-2-7-15(14)26-18(20)21/h1-7,9,11,18H,8,10H2,(H,22,25). The van der Waals surface area contributed by atoms with Crippen LogP contribution in [0.4, 0.5) is 20.2 Å². The number of nitrogens with one attached hydrogen (secondary N) is 1. The molecule has 8 heteroatoms. The van der Waals surface area contributed by atoms with Crippen LogP contribution in [-0.2, 0) is 9.59 Å². The summed E-state index contributed by atoms with van der Waals surface area (Å²) in [6.07, 6.45) is 0.0580. The summed E-state index contributed by atoms with van der Waals surface area (Å²) in [4.78, 5) is 26.6. The number of hydrogen-bond donors (Lipinski definition) is 1. The Bertz CT molecular complexity index is 834. The molecule has 1 saturated heterocycles. The highest BCUT2D eigenvalue weighted by atomic mass is 35.5. The quantitative estimate of drug-likeness (QED) is 0.748. The number of carbonyl (C=O) groups is 2. The van der Waals surface area contributed by atoms with Gasteiger partial charge in [-0.25, -0.2) is 0 Å². The van der Waals surface area contributed by atoms with E-state index in [1.807, 2.05) is 0 Å². The molecule has 1 atom stereocenters. The van der Waals surface area contributed by atoms with E-state index < -0.39 is 11.7 Å². The van der Waals surface area contributed by atoms with Crippen LogP contribution < -0.4 is 10.2 Å². The topological polar surface area (TPSA) is 49.4 Å². The molecule has 136 valence electrons. The second-order valence-corrected chi connectivity index (χ2v) is 7.22. The molecule has 2 amide bonds. The summed E-state index contributed by atoms with van der Waals surface area (Å²) in [7, 11) is 0. The summed E-state index contributed by atoms with van der Waals surface area (Å²) in [5.74, 6) is -3.70. The molecule has 1 fully saturated rings. The fourth-order valence-corrected chi connectivity index (χ4v) is 3.56. The molecule has 1 aliphatic rings. The lowest BCUT2D eigenvalue weighted by atomic mass is 10.1. The lowest BCUT2D eigenvalue weighted by molar-refractivity contribution is -0.122. The van der Waals surface area contributed by atoms with E-state index in [-0.39, 0.29) is 29.7 Å². The van der Waals surface area contributed by atoms with E-state index in [4.69, 9.17) is 11.6 Å². The van der Waals surface area contributed by atoms with Gasteiger partial charge in [-0.05, 0) is 30.3 Å². The van der Waals surface area contributed by atoms with Gasteiger partial charge in [0.05, 0.1) is 11.6 Å². The Morgan fingerprint density at radius 2 is 2.00 bits per heavy atom. The highest BCUT2D eigenvalue weighted by molar-refractivity contribution is 7.99. The molecule has 1 unspecified atom stereocenters. The molecule has 2 aromatic rings. The summed E-state index contributed by atoms with van der Waals surface area (Å²) < 4.78 is 25.3. The molecule has 0 aliphatic carbocycles. The van der Waals surface area contributed by atoms with E-state index in [2.05, 4.69) is 5.32 Å². The number of anilines is 2. The first kappa shape index (κ1) is 18.7. The first-order chi connectivity index (χ1) is 12.4. The van der Waals surface area contributed by atoms with Crippen molar-refractivity contribution in [3.63, 3.8) is 0 Å². The van der Waals surface area contributed by atoms with E-state index in [1.54, 1.807) is 42.5 Å². The maximum atomic E-state index is 12.6. The number of hydrogen-bond acceptors (Lipinski definition) is 3. The van der Waals surface area contributed by atoms with Gasteiger partial charge in [-0.1, -0.05) is 41.6 Å². The maximum absolute atomic E-state index is 12.6. The third-order valence-electron chi connectivity index (χ3n) is 3.98. The Kier molecular flexibility index (Phi) is 5.78. The van der Waals surface area contributed by atoms with Gasteiger partial charge in [-0.15, -0.1) is 0 Å². The van der Waals surface area contributed by atoms with Crippen LogP contribution in [-0.4, -0.2) is 24.1 Å². The van der Waals surface area contributed by atoms with Gasteiger partial charge < -0.3 is 10.2 Å². The third kappa shape index (κ3) is 4.34. The van der Waals surface area contributed by atoms with Gasteiger partial charge >= 0.3 is 0 Å². The Morgan fingerprint density at radius 1 is 1.23 bits per heavy atom. The van der Waals surface area contributed by atoms with Crippen molar-refractivity contribution in [3.8, 4) is 0 Å². The minimum Gasteiger partial charge on any atom is -0.325 e. The van der Waals surface area contributed by atoms with Crippen molar-refractivity contribution in [2.45, 2.75) is 17.1 Å². The number of amides is 2. The number of para-hydroxylation sites is 1. The SMILES string of the molecule is O=C(Nc1ccccc1SC(F)F)C1CC(=O)N(c2cccc(Cl)c2)C1. The highest BCUT2D eigenvalue weighted by Crippen LogP contribution is 2.33. The molecule has 0 radical (unpaired) electrons. The van der Waals surface area contributed by atoms with Crippen molar-refractivity contribution in [2.24, 2.45) is 5.92 Å². The van der Waals surface area contributed by atoms with Gasteiger partial charge in [-0.2, -0.15) is 8.78 Å². The monoisotopic (exact) mass is 396 g/mol. The van der Waals surface area contributed by atoms with Crippen LogP contribution in [0.3, 0.4) is 0 Å². The first-order valence-electron chi connectivity index (χ1n) is 7.84. The van der Waals surface area contributed by atoms with Crippen LogP contribution in [0.25, 0.3) is 0 Å². The van der Waals surface area contributed by atoms with E-state index in [0.29, 0.717) is 28.2 Å². The Labute approximate surface area is 158 Å². The number of carbonyl (C=O) groups excluding carboxylic acids is 2. The largest absolute Gasteiger partial charge is 0.325 e. The molecule has 0 aromatic heterocycles. The molecular formula is C18H15ClF2N2O2S. The van der Waals surface area contributed by atoms with Crippen molar-refractivity contribution in [1.29, 1.82) is 0 Å². The zero-order chi connectivity index (χ0) is 18.7. The van der Waals surface area contributed by atoms with E-state index in [0.717, 1.165) is 0 Å². The third-order valence-corrected chi connectivity index (χ3v) is 5.00. The number of rotatable bonds is 5. The minimum atomic E-state index is -2.58. The molecule has 0 bridgehead atoms. The molecule has 1 aliphatic heterocycles. The molecule has 0 saturated carbocycles. The molecule has 2 aromatic carbocycles. The van der Waals surface area contributed by atoms with Gasteiger partial charge in [0.1, 0.15) is 0 Å². The highest BCUT2D eigenvalue weighted by Gasteiger charge is 2.35. The Morgan fingerprint density at radius 3 is 2.73 bits per heavy atom. The average Bonchev–Trinajstić information content (AvgIpc) is 2.98. The predicted molar refractivity (Wildman–Crippen MR) is 98.8 cm³/mol. The number of benzene rings is 2. The van der Waals surface area contributed by atoms with Gasteiger partial charge in [-0.3, -0.25) is 9.59 Å². The van der Waals surface area contributed by atoms with Crippen LogP contribution in [0.5, 0.6) is 0 Å². The molecular weight excluding hydrogens is 382 g/mol. The smallest absolute Gasteiger partial charge is 0.288 e. The summed E-state index contributed by atoms with van der Waals surface area (Å²) >= 11 is 6.32. The predicted octanol–water partition coefficient (Wildman–Crippen LogP) is 4.65. The molecule has 0 spiro atoms. The lowest BCUT2D eigenvalue weighted by Gasteiger charge is -2.17. The van der Waals surface area contributed by atoms with Gasteiger partial charge in [0.25, 0.3) is 5.76 Å². The lowest BCUT2D eigenvalue weighted by Crippen LogP contribution is -2.28. The molecule has 26 heavy (non-hydrogen) atoms. The number of nitrogens with zero attached hydrogens (tertiary/aromatic N) is 1.